The van der Waals surface area contributed by atoms with Crippen molar-refractivity contribution in [2.45, 2.75) is 12.6 Å². The fourth-order valence-corrected chi connectivity index (χ4v) is 2.29. The number of nitrogens with zero attached hydrogens (tertiary/aromatic N) is 3. The lowest BCUT2D eigenvalue weighted by Crippen LogP contribution is -2.09. The van der Waals surface area contributed by atoms with Crippen molar-refractivity contribution in [3.05, 3.63) is 71.6 Å². The molecule has 0 amide bonds. The molecule has 3 aromatic rings. The summed E-state index contributed by atoms with van der Waals surface area (Å²) in [5, 5.41) is 11.0. The van der Waals surface area contributed by atoms with Gasteiger partial charge in [-0.05, 0) is 29.8 Å². The number of pyridine rings is 1. The molecule has 1 N–H and O–H groups in total. The van der Waals surface area contributed by atoms with Crippen LogP contribution in [0.5, 0.6) is 0 Å². The monoisotopic (exact) mass is 299 g/mol. The van der Waals surface area contributed by atoms with E-state index in [0.29, 0.717) is 11.6 Å². The maximum Gasteiger partial charge on any atom is 0.158 e. The van der Waals surface area contributed by atoms with Crippen molar-refractivity contribution >= 4 is 11.6 Å². The van der Waals surface area contributed by atoms with Gasteiger partial charge in [0.2, 0.25) is 0 Å². The number of aliphatic hydroxyl groups excluding tert-OH is 1. The van der Waals surface area contributed by atoms with Gasteiger partial charge in [-0.1, -0.05) is 29.8 Å². The van der Waals surface area contributed by atoms with Crippen LogP contribution < -0.4 is 0 Å². The van der Waals surface area contributed by atoms with E-state index in [2.05, 4.69) is 9.97 Å². The predicted octanol–water partition coefficient (Wildman–Crippen LogP) is 3.33. The molecule has 0 saturated heterocycles. The molecule has 0 aliphatic heterocycles. The highest BCUT2D eigenvalue weighted by Gasteiger charge is 2.12. The first-order valence-corrected chi connectivity index (χ1v) is 6.98. The molecule has 2 heterocycles. The Hall–Kier alpha value is -2.17. The van der Waals surface area contributed by atoms with E-state index in [9.17, 15) is 5.11 Å². The van der Waals surface area contributed by atoms with Gasteiger partial charge in [0, 0.05) is 23.6 Å². The Kier molecular flexibility index (Phi) is 3.99. The van der Waals surface area contributed by atoms with E-state index in [4.69, 9.17) is 11.6 Å². The minimum atomic E-state index is -0.626. The second-order valence-electron chi connectivity index (χ2n) is 4.69. The summed E-state index contributed by atoms with van der Waals surface area (Å²) < 4.78 is 1.89. The van der Waals surface area contributed by atoms with Crippen molar-refractivity contribution < 1.29 is 5.11 Å². The Morgan fingerprint density at radius 1 is 1.05 bits per heavy atom. The minimum Gasteiger partial charge on any atom is -0.387 e. The average molecular weight is 300 g/mol. The minimum absolute atomic E-state index is 0.410. The van der Waals surface area contributed by atoms with E-state index in [1.807, 2.05) is 41.1 Å². The van der Waals surface area contributed by atoms with Crippen molar-refractivity contribution in [3.8, 4) is 11.5 Å². The highest BCUT2D eigenvalue weighted by molar-refractivity contribution is 6.30. The first kappa shape index (κ1) is 13.8. The first-order chi connectivity index (χ1) is 10.2. The maximum atomic E-state index is 10.3. The molecule has 1 unspecified atom stereocenters. The molecule has 5 heteroatoms. The van der Waals surface area contributed by atoms with E-state index in [1.54, 1.807) is 24.5 Å². The van der Waals surface area contributed by atoms with Gasteiger partial charge in [0.15, 0.2) is 5.82 Å². The summed E-state index contributed by atoms with van der Waals surface area (Å²) >= 11 is 5.86. The smallest absolute Gasteiger partial charge is 0.158 e. The summed E-state index contributed by atoms with van der Waals surface area (Å²) in [6.07, 6.45) is 4.64. The molecule has 0 aliphatic rings. The van der Waals surface area contributed by atoms with Crippen LogP contribution in [0.25, 0.3) is 11.5 Å². The van der Waals surface area contributed by atoms with Gasteiger partial charge < -0.3 is 9.67 Å². The summed E-state index contributed by atoms with van der Waals surface area (Å²) in [7, 11) is 0. The van der Waals surface area contributed by atoms with E-state index in [1.165, 1.54) is 0 Å². The standard InChI is InChI=1S/C16H14ClN3O/c17-13-6-4-12(5-7-13)15(21)11-20-10-9-19-16(20)14-3-1-2-8-18-14/h1-10,15,21H,11H2. The number of rotatable bonds is 4. The van der Waals surface area contributed by atoms with E-state index in [-0.39, 0.29) is 0 Å². The Balaban J connectivity index is 1.83. The highest BCUT2D eigenvalue weighted by atomic mass is 35.5. The van der Waals surface area contributed by atoms with Gasteiger partial charge >= 0.3 is 0 Å². The zero-order valence-corrected chi connectivity index (χ0v) is 12.0. The second-order valence-corrected chi connectivity index (χ2v) is 5.12. The van der Waals surface area contributed by atoms with Gasteiger partial charge in [-0.2, -0.15) is 0 Å². The number of halogens is 1. The van der Waals surface area contributed by atoms with Crippen molar-refractivity contribution in [3.63, 3.8) is 0 Å². The van der Waals surface area contributed by atoms with Crippen LogP contribution >= 0.6 is 11.6 Å². The Bertz CT molecular complexity index is 710. The van der Waals surface area contributed by atoms with Crippen LogP contribution in [0.15, 0.2) is 61.1 Å². The molecular formula is C16H14ClN3O. The molecular weight excluding hydrogens is 286 g/mol. The van der Waals surface area contributed by atoms with Gasteiger partial charge in [-0.15, -0.1) is 0 Å². The number of benzene rings is 1. The number of aromatic nitrogens is 3. The molecule has 0 radical (unpaired) electrons. The molecule has 0 spiro atoms. The highest BCUT2D eigenvalue weighted by Crippen LogP contribution is 2.21. The van der Waals surface area contributed by atoms with E-state index < -0.39 is 6.10 Å². The van der Waals surface area contributed by atoms with Gasteiger partial charge in [-0.25, -0.2) is 4.98 Å². The number of aliphatic hydroxyl groups is 1. The van der Waals surface area contributed by atoms with Crippen LogP contribution in [0.4, 0.5) is 0 Å². The molecule has 106 valence electrons. The first-order valence-electron chi connectivity index (χ1n) is 6.60. The van der Waals surface area contributed by atoms with Crippen molar-refractivity contribution in [1.29, 1.82) is 0 Å². The molecule has 0 saturated carbocycles. The Morgan fingerprint density at radius 2 is 1.86 bits per heavy atom. The Morgan fingerprint density at radius 3 is 2.57 bits per heavy atom. The number of hydrogen-bond acceptors (Lipinski definition) is 3. The fraction of sp³-hybridized carbons (Fsp3) is 0.125. The molecule has 2 aromatic heterocycles. The third-order valence-electron chi connectivity index (χ3n) is 3.23. The van der Waals surface area contributed by atoms with Crippen LogP contribution in [0, 0.1) is 0 Å². The lowest BCUT2D eigenvalue weighted by Gasteiger charge is -2.14. The lowest BCUT2D eigenvalue weighted by molar-refractivity contribution is 0.157. The van der Waals surface area contributed by atoms with Crippen LogP contribution in [0.2, 0.25) is 5.02 Å². The third kappa shape index (κ3) is 3.12. The van der Waals surface area contributed by atoms with Crippen LogP contribution in [0.1, 0.15) is 11.7 Å². The topological polar surface area (TPSA) is 50.9 Å². The van der Waals surface area contributed by atoms with E-state index in [0.717, 1.165) is 17.1 Å². The average Bonchev–Trinajstić information content (AvgIpc) is 2.97. The third-order valence-corrected chi connectivity index (χ3v) is 3.49. The SMILES string of the molecule is OC(Cn1ccnc1-c1ccccn1)c1ccc(Cl)cc1. The van der Waals surface area contributed by atoms with Crippen molar-refractivity contribution in [2.75, 3.05) is 0 Å². The molecule has 0 aliphatic carbocycles. The fourth-order valence-electron chi connectivity index (χ4n) is 2.16. The summed E-state index contributed by atoms with van der Waals surface area (Å²) in [5.41, 5.74) is 1.60. The molecule has 1 aromatic carbocycles. The zero-order chi connectivity index (χ0) is 14.7. The molecule has 3 rings (SSSR count). The van der Waals surface area contributed by atoms with Crippen molar-refractivity contribution in [1.82, 2.24) is 14.5 Å². The quantitative estimate of drug-likeness (QED) is 0.804. The lowest BCUT2D eigenvalue weighted by atomic mass is 10.1. The van der Waals surface area contributed by atoms with Gasteiger partial charge in [-0.3, -0.25) is 4.98 Å². The summed E-state index contributed by atoms with van der Waals surface area (Å²) in [5.74, 6) is 0.739. The van der Waals surface area contributed by atoms with Gasteiger partial charge in [0.1, 0.15) is 5.69 Å². The second kappa shape index (κ2) is 6.08. The molecule has 4 nitrogen and oxygen atoms in total. The molecule has 1 atom stereocenters. The Labute approximate surface area is 127 Å². The van der Waals surface area contributed by atoms with Crippen LogP contribution in [-0.4, -0.2) is 19.6 Å². The molecule has 0 bridgehead atoms. The summed E-state index contributed by atoms with van der Waals surface area (Å²) in [6.45, 7) is 0.410. The number of imidazole rings is 1. The largest absolute Gasteiger partial charge is 0.387 e. The maximum absolute atomic E-state index is 10.3. The van der Waals surface area contributed by atoms with E-state index >= 15 is 0 Å². The van der Waals surface area contributed by atoms with Gasteiger partial charge in [0.05, 0.1) is 12.6 Å². The van der Waals surface area contributed by atoms with Crippen LogP contribution in [-0.2, 0) is 6.54 Å². The van der Waals surface area contributed by atoms with Gasteiger partial charge in [0.25, 0.3) is 0 Å². The molecule has 21 heavy (non-hydrogen) atoms. The summed E-state index contributed by atoms with van der Waals surface area (Å²) in [6, 6.07) is 12.9. The molecule has 0 fully saturated rings. The number of hydrogen-bond donors (Lipinski definition) is 1. The zero-order valence-electron chi connectivity index (χ0n) is 11.2. The van der Waals surface area contributed by atoms with Crippen LogP contribution in [0.3, 0.4) is 0 Å². The predicted molar refractivity (Wildman–Crippen MR) is 81.9 cm³/mol. The van der Waals surface area contributed by atoms with Crippen molar-refractivity contribution in [2.24, 2.45) is 0 Å². The normalized spacial score (nSPS) is 12.3. The summed E-state index contributed by atoms with van der Waals surface area (Å²) in [4.78, 5) is 8.61.